The molecule has 0 spiro atoms. The lowest BCUT2D eigenvalue weighted by atomic mass is 10.2. The van der Waals surface area contributed by atoms with E-state index in [9.17, 15) is 4.79 Å². The fraction of sp³-hybridized carbons (Fsp3) is 0.462. The highest BCUT2D eigenvalue weighted by molar-refractivity contribution is 8.00. The number of nitrogens with one attached hydrogen (secondary N) is 1. The quantitative estimate of drug-likeness (QED) is 0.798. The normalized spacial score (nSPS) is 12.2. The zero-order valence-electron chi connectivity index (χ0n) is 10.1. The first-order chi connectivity index (χ1) is 7.63. The molecule has 1 aromatic rings. The van der Waals surface area contributed by atoms with Gasteiger partial charge >= 0.3 is 0 Å². The largest absolute Gasteiger partial charge is 0.353 e. The van der Waals surface area contributed by atoms with Gasteiger partial charge in [-0.25, -0.2) is 0 Å². The predicted molar refractivity (Wildman–Crippen MR) is 69.8 cm³/mol. The molecule has 1 atom stereocenters. The van der Waals surface area contributed by atoms with Gasteiger partial charge in [0, 0.05) is 10.9 Å². The zero-order chi connectivity index (χ0) is 12.0. The predicted octanol–water partition coefficient (Wildman–Crippen LogP) is 3.00. The van der Waals surface area contributed by atoms with Gasteiger partial charge in [-0.1, -0.05) is 25.1 Å². The first-order valence-corrected chi connectivity index (χ1v) is 6.59. The highest BCUT2D eigenvalue weighted by atomic mass is 32.2. The maximum Gasteiger partial charge on any atom is 0.230 e. The first kappa shape index (κ1) is 13.1. The molecule has 0 bridgehead atoms. The molecule has 1 aromatic carbocycles. The summed E-state index contributed by atoms with van der Waals surface area (Å²) >= 11 is 1.60. The van der Waals surface area contributed by atoms with E-state index < -0.39 is 0 Å². The minimum atomic E-state index is 0.114. The minimum absolute atomic E-state index is 0.114. The van der Waals surface area contributed by atoms with E-state index in [0.29, 0.717) is 5.75 Å². The van der Waals surface area contributed by atoms with Crippen LogP contribution >= 0.6 is 11.8 Å². The van der Waals surface area contributed by atoms with Crippen molar-refractivity contribution >= 4 is 17.7 Å². The van der Waals surface area contributed by atoms with Gasteiger partial charge in [0.15, 0.2) is 0 Å². The Morgan fingerprint density at radius 3 is 2.75 bits per heavy atom. The number of amides is 1. The molecule has 0 aromatic heterocycles. The third kappa shape index (κ3) is 4.27. The number of aryl methyl sites for hydroxylation is 1. The lowest BCUT2D eigenvalue weighted by Crippen LogP contribution is -2.33. The number of carbonyl (C=O) groups excluding carboxylic acids is 1. The van der Waals surface area contributed by atoms with Crippen molar-refractivity contribution in [3.8, 4) is 0 Å². The van der Waals surface area contributed by atoms with Crippen LogP contribution < -0.4 is 5.32 Å². The van der Waals surface area contributed by atoms with Gasteiger partial charge in [0.25, 0.3) is 0 Å². The third-order valence-electron chi connectivity index (χ3n) is 2.47. The van der Waals surface area contributed by atoms with Crippen molar-refractivity contribution in [1.82, 2.24) is 5.32 Å². The SMILES string of the molecule is CC[C@@H](C)NC(=O)CSc1ccccc1C. The molecule has 2 nitrogen and oxygen atoms in total. The monoisotopic (exact) mass is 237 g/mol. The summed E-state index contributed by atoms with van der Waals surface area (Å²) in [7, 11) is 0. The molecule has 88 valence electrons. The summed E-state index contributed by atoms with van der Waals surface area (Å²) in [6, 6.07) is 8.40. The number of carbonyl (C=O) groups is 1. The van der Waals surface area contributed by atoms with Crippen molar-refractivity contribution in [3.63, 3.8) is 0 Å². The van der Waals surface area contributed by atoms with Gasteiger partial charge in [0.05, 0.1) is 5.75 Å². The number of hydrogen-bond donors (Lipinski definition) is 1. The van der Waals surface area contributed by atoms with Crippen molar-refractivity contribution in [2.24, 2.45) is 0 Å². The maximum absolute atomic E-state index is 11.6. The van der Waals surface area contributed by atoms with E-state index in [0.717, 1.165) is 6.42 Å². The number of rotatable bonds is 5. The highest BCUT2D eigenvalue weighted by Gasteiger charge is 2.06. The zero-order valence-corrected chi connectivity index (χ0v) is 10.9. The molecule has 0 fully saturated rings. The van der Waals surface area contributed by atoms with Gasteiger partial charge in [0.2, 0.25) is 5.91 Å². The molecule has 0 saturated heterocycles. The Morgan fingerprint density at radius 2 is 2.12 bits per heavy atom. The van der Waals surface area contributed by atoms with Crippen LogP contribution in [-0.2, 0) is 4.79 Å². The molecule has 0 aliphatic heterocycles. The van der Waals surface area contributed by atoms with Crippen molar-refractivity contribution in [2.45, 2.75) is 38.1 Å². The molecule has 0 heterocycles. The maximum atomic E-state index is 11.6. The first-order valence-electron chi connectivity index (χ1n) is 5.61. The summed E-state index contributed by atoms with van der Waals surface area (Å²) in [6.45, 7) is 6.16. The molecule has 0 aliphatic rings. The Hall–Kier alpha value is -0.960. The minimum Gasteiger partial charge on any atom is -0.353 e. The van der Waals surface area contributed by atoms with Crippen LogP contribution in [0.4, 0.5) is 0 Å². The Kier molecular flexibility index (Phi) is 5.39. The van der Waals surface area contributed by atoms with Crippen molar-refractivity contribution in [2.75, 3.05) is 5.75 Å². The number of thioether (sulfide) groups is 1. The molecule has 0 radical (unpaired) electrons. The molecule has 0 aliphatic carbocycles. The average molecular weight is 237 g/mol. The van der Waals surface area contributed by atoms with E-state index in [4.69, 9.17) is 0 Å². The van der Waals surface area contributed by atoms with E-state index in [-0.39, 0.29) is 11.9 Å². The molecule has 0 saturated carbocycles. The molecule has 0 unspecified atom stereocenters. The van der Waals surface area contributed by atoms with Gasteiger partial charge in [-0.15, -0.1) is 11.8 Å². The summed E-state index contributed by atoms with van der Waals surface area (Å²) in [5.41, 5.74) is 1.23. The van der Waals surface area contributed by atoms with E-state index in [1.54, 1.807) is 11.8 Å². The highest BCUT2D eigenvalue weighted by Crippen LogP contribution is 2.21. The van der Waals surface area contributed by atoms with Gasteiger partial charge in [-0.05, 0) is 31.9 Å². The molecule has 1 N–H and O–H groups in total. The Morgan fingerprint density at radius 1 is 1.44 bits per heavy atom. The van der Waals surface area contributed by atoms with Gasteiger partial charge in [-0.2, -0.15) is 0 Å². The Balaban J connectivity index is 2.40. The Labute approximate surface area is 102 Å². The second-order valence-corrected chi connectivity index (χ2v) is 4.95. The lowest BCUT2D eigenvalue weighted by molar-refractivity contribution is -0.119. The Bertz CT molecular complexity index is 352. The summed E-state index contributed by atoms with van der Waals surface area (Å²) in [5.74, 6) is 0.609. The van der Waals surface area contributed by atoms with Gasteiger partial charge in [-0.3, -0.25) is 4.79 Å². The average Bonchev–Trinajstić information content (AvgIpc) is 2.28. The summed E-state index contributed by atoms with van der Waals surface area (Å²) in [6.07, 6.45) is 0.973. The van der Waals surface area contributed by atoms with Crippen LogP contribution in [-0.4, -0.2) is 17.7 Å². The van der Waals surface area contributed by atoms with Crippen molar-refractivity contribution in [3.05, 3.63) is 29.8 Å². The van der Waals surface area contributed by atoms with Crippen LogP contribution in [0.25, 0.3) is 0 Å². The summed E-state index contributed by atoms with van der Waals surface area (Å²) in [4.78, 5) is 12.7. The van der Waals surface area contributed by atoms with Crippen molar-refractivity contribution in [1.29, 1.82) is 0 Å². The van der Waals surface area contributed by atoms with Gasteiger partial charge < -0.3 is 5.32 Å². The van der Waals surface area contributed by atoms with E-state index in [1.165, 1.54) is 10.5 Å². The summed E-state index contributed by atoms with van der Waals surface area (Å²) < 4.78 is 0. The van der Waals surface area contributed by atoms with Crippen LogP contribution in [0.2, 0.25) is 0 Å². The molecule has 16 heavy (non-hydrogen) atoms. The second kappa shape index (κ2) is 6.59. The third-order valence-corrected chi connectivity index (χ3v) is 3.65. The van der Waals surface area contributed by atoms with E-state index in [1.807, 2.05) is 19.1 Å². The number of hydrogen-bond acceptors (Lipinski definition) is 2. The van der Waals surface area contributed by atoms with Crippen LogP contribution in [0.5, 0.6) is 0 Å². The standard InChI is InChI=1S/C13H19NOS/c1-4-11(3)14-13(15)9-16-12-8-6-5-7-10(12)2/h5-8,11H,4,9H2,1-3H3,(H,14,15)/t11-/m1/s1. The fourth-order valence-corrected chi connectivity index (χ4v) is 2.12. The van der Waals surface area contributed by atoms with Crippen LogP contribution in [0.3, 0.4) is 0 Å². The number of benzene rings is 1. The molecule has 1 amide bonds. The van der Waals surface area contributed by atoms with Crippen LogP contribution in [0.15, 0.2) is 29.2 Å². The van der Waals surface area contributed by atoms with Crippen LogP contribution in [0.1, 0.15) is 25.8 Å². The fourth-order valence-electron chi connectivity index (χ4n) is 1.28. The van der Waals surface area contributed by atoms with Crippen molar-refractivity contribution < 1.29 is 4.79 Å². The topological polar surface area (TPSA) is 29.1 Å². The molecular formula is C13H19NOS. The smallest absolute Gasteiger partial charge is 0.230 e. The van der Waals surface area contributed by atoms with Crippen LogP contribution in [0, 0.1) is 6.92 Å². The lowest BCUT2D eigenvalue weighted by Gasteiger charge is -2.11. The summed E-state index contributed by atoms with van der Waals surface area (Å²) in [5, 5.41) is 2.96. The molecular weight excluding hydrogens is 218 g/mol. The molecule has 3 heteroatoms. The van der Waals surface area contributed by atoms with Gasteiger partial charge in [0.1, 0.15) is 0 Å². The van der Waals surface area contributed by atoms with E-state index in [2.05, 4.69) is 31.3 Å². The van der Waals surface area contributed by atoms with E-state index >= 15 is 0 Å². The molecule has 1 rings (SSSR count). The second-order valence-electron chi connectivity index (χ2n) is 3.93.